The fourth-order valence-corrected chi connectivity index (χ4v) is 3.75. The van der Waals surface area contributed by atoms with Crippen molar-refractivity contribution in [3.05, 3.63) is 35.9 Å². The minimum Gasteiger partial charge on any atom is -0.480 e. The molecule has 1 aliphatic rings. The van der Waals surface area contributed by atoms with Crippen LogP contribution in [0.25, 0.3) is 0 Å². The van der Waals surface area contributed by atoms with Crippen LogP contribution in [-0.2, 0) is 14.8 Å². The molecular weight excluding hydrogens is 266 g/mol. The standard InChI is InChI=1S/C13H17NO4S/c15-13(16)12(11-7-2-1-3-8-11)14-19(17,18)9-10-5-4-6-10/h1-3,7-8,10,12,14H,4-6,9H2,(H,15,16)/t12-/m1/s1. The number of carboxylic acids is 1. The van der Waals surface area contributed by atoms with Gasteiger partial charge in [-0.05, 0) is 24.3 Å². The van der Waals surface area contributed by atoms with Crippen molar-refractivity contribution in [2.24, 2.45) is 5.92 Å². The number of benzene rings is 1. The third-order valence-corrected chi connectivity index (χ3v) is 4.86. The van der Waals surface area contributed by atoms with E-state index in [1.807, 2.05) is 0 Å². The van der Waals surface area contributed by atoms with Crippen molar-refractivity contribution < 1.29 is 18.3 Å². The largest absolute Gasteiger partial charge is 0.480 e. The van der Waals surface area contributed by atoms with Crippen molar-refractivity contribution in [3.8, 4) is 0 Å². The lowest BCUT2D eigenvalue weighted by atomic mass is 9.87. The SMILES string of the molecule is O=C(O)[C@H](NS(=O)(=O)CC1CCC1)c1ccccc1. The minimum atomic E-state index is -3.56. The van der Waals surface area contributed by atoms with E-state index in [2.05, 4.69) is 4.72 Å². The average Bonchev–Trinajstić information content (AvgIpc) is 2.32. The van der Waals surface area contributed by atoms with Crippen molar-refractivity contribution in [2.75, 3.05) is 5.75 Å². The zero-order valence-electron chi connectivity index (χ0n) is 10.5. The monoisotopic (exact) mass is 283 g/mol. The van der Waals surface area contributed by atoms with Gasteiger partial charge in [0.15, 0.2) is 0 Å². The predicted molar refractivity (Wildman–Crippen MR) is 71.1 cm³/mol. The Morgan fingerprint density at radius 3 is 2.42 bits per heavy atom. The highest BCUT2D eigenvalue weighted by molar-refractivity contribution is 7.89. The van der Waals surface area contributed by atoms with Crippen LogP contribution in [0.3, 0.4) is 0 Å². The van der Waals surface area contributed by atoms with E-state index in [1.54, 1.807) is 30.3 Å². The van der Waals surface area contributed by atoms with E-state index in [9.17, 15) is 13.2 Å². The molecule has 1 fully saturated rings. The summed E-state index contributed by atoms with van der Waals surface area (Å²) < 4.78 is 26.2. The van der Waals surface area contributed by atoms with E-state index >= 15 is 0 Å². The highest BCUT2D eigenvalue weighted by atomic mass is 32.2. The number of sulfonamides is 1. The van der Waals surface area contributed by atoms with Crippen LogP contribution in [0.15, 0.2) is 30.3 Å². The molecule has 1 aliphatic carbocycles. The topological polar surface area (TPSA) is 83.5 Å². The number of rotatable bonds is 6. The second-order valence-corrected chi connectivity index (χ2v) is 6.68. The summed E-state index contributed by atoms with van der Waals surface area (Å²) in [5.74, 6) is -1.00. The van der Waals surface area contributed by atoms with E-state index in [4.69, 9.17) is 5.11 Å². The molecule has 1 aromatic rings. The first-order chi connectivity index (χ1) is 8.98. The molecule has 0 aromatic heterocycles. The number of aliphatic carboxylic acids is 1. The van der Waals surface area contributed by atoms with Crippen LogP contribution < -0.4 is 4.72 Å². The highest BCUT2D eigenvalue weighted by Crippen LogP contribution is 2.28. The smallest absolute Gasteiger partial charge is 0.326 e. The van der Waals surface area contributed by atoms with Gasteiger partial charge < -0.3 is 5.11 Å². The molecule has 0 spiro atoms. The van der Waals surface area contributed by atoms with E-state index in [-0.39, 0.29) is 11.7 Å². The Morgan fingerprint density at radius 2 is 1.95 bits per heavy atom. The van der Waals surface area contributed by atoms with E-state index < -0.39 is 22.0 Å². The van der Waals surface area contributed by atoms with Crippen LogP contribution in [0.2, 0.25) is 0 Å². The van der Waals surface area contributed by atoms with Crippen molar-refractivity contribution in [3.63, 3.8) is 0 Å². The van der Waals surface area contributed by atoms with Gasteiger partial charge in [-0.1, -0.05) is 36.8 Å². The molecule has 104 valence electrons. The maximum Gasteiger partial charge on any atom is 0.326 e. The third-order valence-electron chi connectivity index (χ3n) is 3.36. The summed E-state index contributed by atoms with van der Waals surface area (Å²) in [7, 11) is -3.56. The molecule has 1 atom stereocenters. The maximum absolute atomic E-state index is 11.9. The lowest BCUT2D eigenvalue weighted by Gasteiger charge is -2.25. The molecule has 2 rings (SSSR count). The van der Waals surface area contributed by atoms with Crippen molar-refractivity contribution in [2.45, 2.75) is 25.3 Å². The lowest BCUT2D eigenvalue weighted by Crippen LogP contribution is -2.38. The molecule has 5 nitrogen and oxygen atoms in total. The van der Waals surface area contributed by atoms with Gasteiger partial charge in [0, 0.05) is 0 Å². The molecule has 1 saturated carbocycles. The maximum atomic E-state index is 11.9. The first kappa shape index (κ1) is 14.0. The van der Waals surface area contributed by atoms with Gasteiger partial charge >= 0.3 is 5.97 Å². The predicted octanol–water partition coefficient (Wildman–Crippen LogP) is 1.53. The Morgan fingerprint density at radius 1 is 1.32 bits per heavy atom. The molecule has 0 radical (unpaired) electrons. The molecule has 19 heavy (non-hydrogen) atoms. The quantitative estimate of drug-likeness (QED) is 0.829. The minimum absolute atomic E-state index is 0.0175. The molecule has 2 N–H and O–H groups in total. The summed E-state index contributed by atoms with van der Waals surface area (Å²) in [6.45, 7) is 0. The van der Waals surface area contributed by atoms with E-state index in [1.165, 1.54) is 0 Å². The van der Waals surface area contributed by atoms with Crippen LogP contribution in [0.1, 0.15) is 30.9 Å². The van der Waals surface area contributed by atoms with Gasteiger partial charge in [0.1, 0.15) is 6.04 Å². The zero-order valence-corrected chi connectivity index (χ0v) is 11.3. The Kier molecular flexibility index (Phi) is 4.21. The molecule has 0 unspecified atom stereocenters. The highest BCUT2D eigenvalue weighted by Gasteiger charge is 2.29. The summed E-state index contributed by atoms with van der Waals surface area (Å²) in [4.78, 5) is 11.2. The molecule has 0 saturated heterocycles. The second-order valence-electron chi connectivity index (χ2n) is 4.88. The fraction of sp³-hybridized carbons (Fsp3) is 0.462. The van der Waals surface area contributed by atoms with Crippen molar-refractivity contribution >= 4 is 16.0 Å². The Bertz CT molecular complexity index is 537. The fourth-order valence-electron chi connectivity index (χ4n) is 2.10. The second kappa shape index (κ2) is 5.71. The number of carbonyl (C=O) groups is 1. The van der Waals surface area contributed by atoms with Gasteiger partial charge in [-0.2, -0.15) is 4.72 Å². The lowest BCUT2D eigenvalue weighted by molar-refractivity contribution is -0.139. The number of hydrogen-bond acceptors (Lipinski definition) is 3. The van der Waals surface area contributed by atoms with Crippen LogP contribution in [0.5, 0.6) is 0 Å². The summed E-state index contributed by atoms with van der Waals surface area (Å²) in [6, 6.07) is 7.11. The summed E-state index contributed by atoms with van der Waals surface area (Å²) >= 11 is 0. The Hall–Kier alpha value is -1.40. The molecule has 0 bridgehead atoms. The zero-order chi connectivity index (χ0) is 13.9. The molecule has 6 heteroatoms. The van der Waals surface area contributed by atoms with Crippen LogP contribution in [0.4, 0.5) is 0 Å². The third kappa shape index (κ3) is 3.78. The number of hydrogen-bond donors (Lipinski definition) is 2. The number of nitrogens with one attached hydrogen (secondary N) is 1. The molecule has 0 aliphatic heterocycles. The Balaban J connectivity index is 2.10. The summed E-state index contributed by atoms with van der Waals surface area (Å²) in [5.41, 5.74) is 0.437. The van der Waals surface area contributed by atoms with Gasteiger partial charge in [-0.15, -0.1) is 0 Å². The van der Waals surface area contributed by atoms with Gasteiger partial charge in [-0.3, -0.25) is 4.79 Å². The first-order valence-corrected chi connectivity index (χ1v) is 7.91. The number of carboxylic acid groups (broad SMARTS) is 1. The van der Waals surface area contributed by atoms with Crippen LogP contribution in [-0.4, -0.2) is 25.2 Å². The van der Waals surface area contributed by atoms with E-state index in [0.29, 0.717) is 5.56 Å². The molecule has 0 heterocycles. The van der Waals surface area contributed by atoms with Gasteiger partial charge in [-0.25, -0.2) is 8.42 Å². The molecular formula is C13H17NO4S. The first-order valence-electron chi connectivity index (χ1n) is 6.26. The summed E-state index contributed by atoms with van der Waals surface area (Å²) in [6.07, 6.45) is 2.87. The van der Waals surface area contributed by atoms with E-state index in [0.717, 1.165) is 19.3 Å². The van der Waals surface area contributed by atoms with Crippen LogP contribution in [0, 0.1) is 5.92 Å². The summed E-state index contributed by atoms with van der Waals surface area (Å²) in [5, 5.41) is 9.17. The van der Waals surface area contributed by atoms with Crippen LogP contribution >= 0.6 is 0 Å². The molecule has 0 amide bonds. The van der Waals surface area contributed by atoms with Gasteiger partial charge in [0.2, 0.25) is 10.0 Å². The molecule has 1 aromatic carbocycles. The van der Waals surface area contributed by atoms with Crippen molar-refractivity contribution in [1.82, 2.24) is 4.72 Å². The normalized spacial score (nSPS) is 17.7. The van der Waals surface area contributed by atoms with Gasteiger partial charge in [0.25, 0.3) is 0 Å². The Labute approximate surface area is 112 Å². The average molecular weight is 283 g/mol. The van der Waals surface area contributed by atoms with Gasteiger partial charge in [0.05, 0.1) is 5.75 Å². The van der Waals surface area contributed by atoms with Crippen molar-refractivity contribution in [1.29, 1.82) is 0 Å².